The molecule has 1 aliphatic heterocycles. The maximum absolute atomic E-state index is 13.4. The van der Waals surface area contributed by atoms with Gasteiger partial charge >= 0.3 is 7.12 Å². The van der Waals surface area contributed by atoms with Gasteiger partial charge in [0.2, 0.25) is 0 Å². The van der Waals surface area contributed by atoms with E-state index in [1.54, 1.807) is 35.9 Å². The number of benzene rings is 2. The number of ether oxygens (including phenoxy) is 1. The summed E-state index contributed by atoms with van der Waals surface area (Å²) in [5, 5.41) is 1.55. The van der Waals surface area contributed by atoms with E-state index in [-0.39, 0.29) is 5.91 Å². The molecule has 4 rings (SSSR count). The van der Waals surface area contributed by atoms with Crippen molar-refractivity contribution in [2.24, 2.45) is 0 Å². The van der Waals surface area contributed by atoms with E-state index < -0.39 is 18.3 Å². The Balaban J connectivity index is 1.81. The van der Waals surface area contributed by atoms with Gasteiger partial charge in [-0.2, -0.15) is 0 Å². The molecule has 0 radical (unpaired) electrons. The first-order valence-corrected chi connectivity index (χ1v) is 10.8. The number of hydrogen-bond acceptors (Lipinski definition) is 4. The predicted octanol–water partition coefficient (Wildman–Crippen LogP) is 5.47. The fraction of sp³-hybridized carbons (Fsp3) is 0.375. The molecule has 7 heteroatoms. The maximum Gasteiger partial charge on any atom is 0.462 e. The first-order chi connectivity index (χ1) is 14.5. The highest BCUT2D eigenvalue weighted by molar-refractivity contribution is 6.45. The highest BCUT2D eigenvalue weighted by Gasteiger charge is 2.51. The SMILES string of the molecule is COc1ccc2c(c1)c(CB1OC(C)(C)C(C)(C)O1)c(C)n2C(=O)c1ccc(Cl)cc1. The summed E-state index contributed by atoms with van der Waals surface area (Å²) >= 11 is 6.01. The lowest BCUT2D eigenvalue weighted by Gasteiger charge is -2.32. The third-order valence-electron chi connectivity index (χ3n) is 6.51. The molecule has 2 heterocycles. The number of carbonyl (C=O) groups excluding carboxylic acids is 1. The molecule has 5 nitrogen and oxygen atoms in total. The molecule has 0 amide bonds. The molecule has 0 bridgehead atoms. The van der Waals surface area contributed by atoms with E-state index in [4.69, 9.17) is 25.6 Å². The van der Waals surface area contributed by atoms with Gasteiger partial charge in [0, 0.05) is 28.0 Å². The van der Waals surface area contributed by atoms with Gasteiger partial charge in [-0.3, -0.25) is 9.36 Å². The molecule has 0 spiro atoms. The highest BCUT2D eigenvalue weighted by atomic mass is 35.5. The van der Waals surface area contributed by atoms with Crippen LogP contribution in [0, 0.1) is 6.92 Å². The van der Waals surface area contributed by atoms with Crippen molar-refractivity contribution in [2.45, 2.75) is 52.1 Å². The average molecular weight is 440 g/mol. The summed E-state index contributed by atoms with van der Waals surface area (Å²) in [6, 6.07) is 12.7. The summed E-state index contributed by atoms with van der Waals surface area (Å²) in [7, 11) is 1.23. The Hall–Kier alpha value is -2.28. The molecule has 0 saturated carbocycles. The van der Waals surface area contributed by atoms with Crippen LogP contribution in [0.1, 0.15) is 49.3 Å². The summed E-state index contributed by atoms with van der Waals surface area (Å²) in [6.45, 7) is 10.1. The van der Waals surface area contributed by atoms with Crippen LogP contribution in [0.2, 0.25) is 5.02 Å². The van der Waals surface area contributed by atoms with Gasteiger partial charge in [0.25, 0.3) is 5.91 Å². The minimum Gasteiger partial charge on any atom is -0.497 e. The summed E-state index contributed by atoms with van der Waals surface area (Å²) in [5.74, 6) is 0.628. The van der Waals surface area contributed by atoms with Crippen molar-refractivity contribution < 1.29 is 18.8 Å². The van der Waals surface area contributed by atoms with Gasteiger partial charge in [0.05, 0.1) is 23.8 Å². The Morgan fingerprint density at radius 2 is 1.68 bits per heavy atom. The van der Waals surface area contributed by atoms with Crippen molar-refractivity contribution in [3.63, 3.8) is 0 Å². The zero-order valence-corrected chi connectivity index (χ0v) is 19.5. The zero-order chi connectivity index (χ0) is 22.6. The van der Waals surface area contributed by atoms with Crippen molar-refractivity contribution in [2.75, 3.05) is 7.11 Å². The summed E-state index contributed by atoms with van der Waals surface area (Å²) < 4.78 is 19.7. The van der Waals surface area contributed by atoms with Gasteiger partial charge in [-0.25, -0.2) is 0 Å². The quantitative estimate of drug-likeness (QED) is 0.505. The van der Waals surface area contributed by atoms with Crippen LogP contribution in [0.3, 0.4) is 0 Å². The molecule has 1 aromatic heterocycles. The van der Waals surface area contributed by atoms with Crippen molar-refractivity contribution in [3.05, 3.63) is 64.3 Å². The number of carbonyl (C=O) groups is 1. The van der Waals surface area contributed by atoms with Crippen molar-refractivity contribution in [3.8, 4) is 5.75 Å². The Bertz CT molecular complexity index is 1130. The van der Waals surface area contributed by atoms with E-state index in [1.165, 1.54) is 0 Å². The lowest BCUT2D eigenvalue weighted by Crippen LogP contribution is -2.41. The number of methoxy groups -OCH3 is 1. The van der Waals surface area contributed by atoms with E-state index in [1.807, 2.05) is 52.8 Å². The van der Waals surface area contributed by atoms with Gasteiger partial charge in [-0.1, -0.05) is 11.6 Å². The lowest BCUT2D eigenvalue weighted by atomic mass is 9.79. The summed E-state index contributed by atoms with van der Waals surface area (Å²) in [6.07, 6.45) is 0.531. The van der Waals surface area contributed by atoms with E-state index in [9.17, 15) is 4.79 Å². The minimum atomic E-state index is -0.416. The second-order valence-electron chi connectivity index (χ2n) is 8.98. The van der Waals surface area contributed by atoms with Gasteiger partial charge < -0.3 is 14.0 Å². The molecule has 1 aliphatic rings. The average Bonchev–Trinajstić information content (AvgIpc) is 3.09. The number of halogens is 1. The van der Waals surface area contributed by atoms with Crippen LogP contribution in [-0.4, -0.2) is 35.9 Å². The van der Waals surface area contributed by atoms with Crippen LogP contribution in [0.25, 0.3) is 10.9 Å². The second-order valence-corrected chi connectivity index (χ2v) is 9.42. The monoisotopic (exact) mass is 439 g/mol. The van der Waals surface area contributed by atoms with Crippen LogP contribution >= 0.6 is 11.6 Å². The molecule has 2 aromatic carbocycles. The van der Waals surface area contributed by atoms with Gasteiger partial charge in [-0.05, 0) is 82.6 Å². The van der Waals surface area contributed by atoms with Gasteiger partial charge in [0.1, 0.15) is 5.75 Å². The summed E-state index contributed by atoms with van der Waals surface area (Å²) in [5.41, 5.74) is 2.43. The number of nitrogens with zero attached hydrogens (tertiary/aromatic N) is 1. The molecule has 0 unspecified atom stereocenters. The van der Waals surface area contributed by atoms with Crippen molar-refractivity contribution in [1.82, 2.24) is 4.57 Å². The molecular weight excluding hydrogens is 413 g/mol. The van der Waals surface area contributed by atoms with Crippen LogP contribution in [-0.2, 0) is 15.6 Å². The predicted molar refractivity (Wildman–Crippen MR) is 124 cm³/mol. The maximum atomic E-state index is 13.4. The third kappa shape index (κ3) is 3.77. The van der Waals surface area contributed by atoms with Gasteiger partial charge in [0.15, 0.2) is 0 Å². The molecule has 3 aromatic rings. The minimum absolute atomic E-state index is 0.107. The fourth-order valence-corrected chi connectivity index (χ4v) is 4.17. The number of hydrogen-bond donors (Lipinski definition) is 0. The molecule has 31 heavy (non-hydrogen) atoms. The Labute approximate surface area is 188 Å². The summed E-state index contributed by atoms with van der Waals surface area (Å²) in [4.78, 5) is 13.4. The van der Waals surface area contributed by atoms with Gasteiger partial charge in [-0.15, -0.1) is 0 Å². The van der Waals surface area contributed by atoms with E-state index in [0.29, 0.717) is 16.9 Å². The van der Waals surface area contributed by atoms with E-state index >= 15 is 0 Å². The normalized spacial score (nSPS) is 17.3. The zero-order valence-electron chi connectivity index (χ0n) is 18.8. The highest BCUT2D eigenvalue weighted by Crippen LogP contribution is 2.39. The topological polar surface area (TPSA) is 49.7 Å². The molecule has 0 atom stereocenters. The van der Waals surface area contributed by atoms with Crippen molar-refractivity contribution >= 4 is 35.5 Å². The Kier molecular flexibility index (Phi) is 5.45. The first-order valence-electron chi connectivity index (χ1n) is 10.4. The first kappa shape index (κ1) is 21.9. The molecule has 162 valence electrons. The van der Waals surface area contributed by atoms with Crippen LogP contribution in [0.5, 0.6) is 5.75 Å². The molecule has 1 saturated heterocycles. The smallest absolute Gasteiger partial charge is 0.462 e. The second kappa shape index (κ2) is 7.70. The largest absolute Gasteiger partial charge is 0.497 e. The number of rotatable bonds is 4. The third-order valence-corrected chi connectivity index (χ3v) is 6.76. The fourth-order valence-electron chi connectivity index (χ4n) is 4.05. The standard InChI is InChI=1S/C24H27BClNO4/c1-15-20(14-25-30-23(2,3)24(4,5)31-25)19-13-18(29-6)11-12-21(19)27(15)22(28)16-7-9-17(26)10-8-16/h7-13H,14H2,1-6H3. The van der Waals surface area contributed by atoms with Crippen LogP contribution in [0.4, 0.5) is 0 Å². The van der Waals surface area contributed by atoms with E-state index in [0.717, 1.165) is 27.9 Å². The Morgan fingerprint density at radius 1 is 1.06 bits per heavy atom. The molecule has 1 fully saturated rings. The van der Waals surface area contributed by atoms with Crippen LogP contribution in [0.15, 0.2) is 42.5 Å². The lowest BCUT2D eigenvalue weighted by molar-refractivity contribution is 0.00578. The molecule has 0 N–H and O–H groups in total. The molecule has 0 aliphatic carbocycles. The Morgan fingerprint density at radius 3 is 2.26 bits per heavy atom. The van der Waals surface area contributed by atoms with E-state index in [2.05, 4.69) is 0 Å². The van der Waals surface area contributed by atoms with Crippen molar-refractivity contribution in [1.29, 1.82) is 0 Å². The van der Waals surface area contributed by atoms with Crippen LogP contribution < -0.4 is 4.74 Å². The number of aromatic nitrogens is 1. The molecular formula is C24H27BClNO4. The number of fused-ring (bicyclic) bond motifs is 1.